The molecule has 0 aliphatic carbocycles. The minimum absolute atomic E-state index is 0.0580. The van der Waals surface area contributed by atoms with Gasteiger partial charge in [0.15, 0.2) is 0 Å². The van der Waals surface area contributed by atoms with Gasteiger partial charge >= 0.3 is 10.1 Å². The molecule has 0 spiro atoms. The number of hydrogen-bond acceptors (Lipinski definition) is 5. The van der Waals surface area contributed by atoms with Crippen LogP contribution in [0.15, 0.2) is 47.4 Å². The Morgan fingerprint density at radius 1 is 1.06 bits per heavy atom. The molecule has 7 nitrogen and oxygen atoms in total. The number of carbonyl (C=O) groups is 2. The normalized spacial score (nSPS) is 11.5. The van der Waals surface area contributed by atoms with Crippen LogP contribution in [0.3, 0.4) is 0 Å². The van der Waals surface area contributed by atoms with Gasteiger partial charge in [0.05, 0.1) is 0 Å². The second-order valence-corrected chi connectivity index (χ2v) is 9.69. The Hall–Kier alpha value is -2.58. The van der Waals surface area contributed by atoms with E-state index < -0.39 is 10.1 Å². The molecule has 0 atom stereocenters. The number of carbonyl (C=O) groups excluding carboxylic acids is 2. The molecule has 0 radical (unpaired) electrons. The van der Waals surface area contributed by atoms with E-state index in [1.165, 1.54) is 43.3 Å². The molecule has 2 rings (SSSR count). The summed E-state index contributed by atoms with van der Waals surface area (Å²) in [5, 5.41) is 2.98. The SMILES string of the molecule is CC(=O)Nc1ccc(S(=O)(=O)Oc2ccc(Cl)cc2CN(C(=O)C(C)C)C(C)C)cc1. The van der Waals surface area contributed by atoms with Crippen molar-refractivity contribution in [3.8, 4) is 5.75 Å². The molecule has 2 amide bonds. The topological polar surface area (TPSA) is 92.8 Å². The average Bonchev–Trinajstić information content (AvgIpc) is 2.67. The summed E-state index contributed by atoms with van der Waals surface area (Å²) in [6.07, 6.45) is 0. The smallest absolute Gasteiger partial charge is 0.339 e. The lowest BCUT2D eigenvalue weighted by atomic mass is 10.1. The molecule has 0 bridgehead atoms. The van der Waals surface area contributed by atoms with Gasteiger partial charge < -0.3 is 14.4 Å². The molecule has 0 saturated heterocycles. The predicted molar refractivity (Wildman–Crippen MR) is 121 cm³/mol. The summed E-state index contributed by atoms with van der Waals surface area (Å²) >= 11 is 6.13. The molecule has 2 aromatic rings. The fourth-order valence-corrected chi connectivity index (χ4v) is 4.02. The lowest BCUT2D eigenvalue weighted by molar-refractivity contribution is -0.136. The van der Waals surface area contributed by atoms with Gasteiger partial charge in [-0.15, -0.1) is 0 Å². The lowest BCUT2D eigenvalue weighted by Gasteiger charge is -2.29. The van der Waals surface area contributed by atoms with Crippen molar-refractivity contribution in [2.75, 3.05) is 5.32 Å². The Bertz CT molecular complexity index is 1050. The first-order valence-electron chi connectivity index (χ1n) is 9.81. The van der Waals surface area contributed by atoms with Crippen LogP contribution in [0.1, 0.15) is 40.2 Å². The third-order valence-electron chi connectivity index (χ3n) is 4.43. The molecule has 0 aromatic heterocycles. The zero-order valence-electron chi connectivity index (χ0n) is 18.2. The Labute approximate surface area is 188 Å². The van der Waals surface area contributed by atoms with Crippen molar-refractivity contribution in [3.05, 3.63) is 53.1 Å². The fraction of sp³-hybridized carbons (Fsp3) is 0.364. The first kappa shape index (κ1) is 24.7. The molecule has 0 heterocycles. The van der Waals surface area contributed by atoms with Crippen LogP contribution in [0.4, 0.5) is 5.69 Å². The number of amides is 2. The van der Waals surface area contributed by atoms with Gasteiger partial charge in [0.2, 0.25) is 11.8 Å². The predicted octanol–water partition coefficient (Wildman–Crippen LogP) is 4.46. The minimum atomic E-state index is -4.15. The molecular formula is C22H27ClN2O5S. The zero-order valence-corrected chi connectivity index (χ0v) is 19.8. The largest absolute Gasteiger partial charge is 0.379 e. The van der Waals surface area contributed by atoms with Crippen molar-refractivity contribution in [1.82, 2.24) is 4.90 Å². The molecule has 31 heavy (non-hydrogen) atoms. The van der Waals surface area contributed by atoms with Gasteiger partial charge in [-0.2, -0.15) is 8.42 Å². The number of halogens is 1. The van der Waals surface area contributed by atoms with Crippen LogP contribution in [0.25, 0.3) is 0 Å². The standard InChI is InChI=1S/C22H27ClN2O5S/c1-14(2)22(27)25(15(3)4)13-17-12-18(23)6-11-21(17)30-31(28,29)20-9-7-19(8-10-20)24-16(5)26/h6-12,14-15H,13H2,1-5H3,(H,24,26). The molecule has 0 aliphatic rings. The second-order valence-electron chi connectivity index (χ2n) is 7.71. The number of rotatable bonds is 8. The van der Waals surface area contributed by atoms with Crippen LogP contribution in [0.2, 0.25) is 5.02 Å². The maximum atomic E-state index is 12.8. The zero-order chi connectivity index (χ0) is 23.3. The highest BCUT2D eigenvalue weighted by Gasteiger charge is 2.24. The summed E-state index contributed by atoms with van der Waals surface area (Å²) in [4.78, 5) is 25.3. The summed E-state index contributed by atoms with van der Waals surface area (Å²) in [7, 11) is -4.15. The molecule has 2 aromatic carbocycles. The Morgan fingerprint density at radius 2 is 1.68 bits per heavy atom. The summed E-state index contributed by atoms with van der Waals surface area (Å²) in [5.74, 6) is -0.435. The maximum absolute atomic E-state index is 12.8. The van der Waals surface area contributed by atoms with Crippen LogP contribution in [-0.4, -0.2) is 31.2 Å². The van der Waals surface area contributed by atoms with E-state index in [0.29, 0.717) is 16.3 Å². The highest BCUT2D eigenvalue weighted by Crippen LogP contribution is 2.29. The summed E-state index contributed by atoms with van der Waals surface area (Å²) in [5.41, 5.74) is 0.951. The Morgan fingerprint density at radius 3 is 2.19 bits per heavy atom. The molecule has 9 heteroatoms. The van der Waals surface area contributed by atoms with Crippen LogP contribution in [-0.2, 0) is 26.3 Å². The summed E-state index contributed by atoms with van der Waals surface area (Å²) < 4.78 is 31.0. The molecule has 168 valence electrons. The number of nitrogens with one attached hydrogen (secondary N) is 1. The average molecular weight is 467 g/mol. The summed E-state index contributed by atoms with van der Waals surface area (Å²) in [6, 6.07) is 10.1. The number of nitrogens with zero attached hydrogens (tertiary/aromatic N) is 1. The molecule has 0 fully saturated rings. The summed E-state index contributed by atoms with van der Waals surface area (Å²) in [6.45, 7) is 8.91. The van der Waals surface area contributed by atoms with Crippen molar-refractivity contribution in [2.45, 2.75) is 52.1 Å². The number of anilines is 1. The minimum Gasteiger partial charge on any atom is -0.379 e. The first-order chi connectivity index (χ1) is 14.4. The number of benzene rings is 2. The molecule has 0 aliphatic heterocycles. The molecule has 1 N–H and O–H groups in total. The third kappa shape index (κ3) is 6.70. The van der Waals surface area contributed by atoms with Gasteiger partial charge in [-0.05, 0) is 56.3 Å². The van der Waals surface area contributed by atoms with Gasteiger partial charge in [0.25, 0.3) is 0 Å². The molecule has 0 unspecified atom stereocenters. The van der Waals surface area contributed by atoms with Crippen LogP contribution in [0, 0.1) is 5.92 Å². The van der Waals surface area contributed by atoms with Crippen LogP contribution < -0.4 is 9.50 Å². The van der Waals surface area contributed by atoms with Gasteiger partial charge in [-0.3, -0.25) is 9.59 Å². The second kappa shape index (κ2) is 10.2. The molecular weight excluding hydrogens is 440 g/mol. The monoisotopic (exact) mass is 466 g/mol. The highest BCUT2D eigenvalue weighted by atomic mass is 35.5. The van der Waals surface area contributed by atoms with Crippen molar-refractivity contribution < 1.29 is 22.2 Å². The Balaban J connectivity index is 2.34. The maximum Gasteiger partial charge on any atom is 0.339 e. The van der Waals surface area contributed by atoms with Gasteiger partial charge in [-0.25, -0.2) is 0 Å². The van der Waals surface area contributed by atoms with Gasteiger partial charge in [-0.1, -0.05) is 25.4 Å². The van der Waals surface area contributed by atoms with Crippen molar-refractivity contribution in [3.63, 3.8) is 0 Å². The van der Waals surface area contributed by atoms with E-state index in [4.69, 9.17) is 15.8 Å². The van der Waals surface area contributed by atoms with E-state index in [1.54, 1.807) is 11.0 Å². The van der Waals surface area contributed by atoms with Crippen molar-refractivity contribution >= 4 is 39.2 Å². The van der Waals surface area contributed by atoms with E-state index in [9.17, 15) is 18.0 Å². The number of hydrogen-bond donors (Lipinski definition) is 1. The third-order valence-corrected chi connectivity index (χ3v) is 5.91. The van der Waals surface area contributed by atoms with Crippen LogP contribution in [0.5, 0.6) is 5.75 Å². The van der Waals surface area contributed by atoms with Crippen molar-refractivity contribution in [2.24, 2.45) is 5.92 Å². The van der Waals surface area contributed by atoms with Crippen LogP contribution >= 0.6 is 11.6 Å². The van der Waals surface area contributed by atoms with E-state index in [0.717, 1.165) is 0 Å². The van der Waals surface area contributed by atoms with E-state index in [-0.39, 0.29) is 41.0 Å². The Kier molecular flexibility index (Phi) is 8.08. The molecule has 0 saturated carbocycles. The van der Waals surface area contributed by atoms with Crippen molar-refractivity contribution in [1.29, 1.82) is 0 Å². The first-order valence-corrected chi connectivity index (χ1v) is 11.6. The van der Waals surface area contributed by atoms with Gasteiger partial charge in [0.1, 0.15) is 10.6 Å². The van der Waals surface area contributed by atoms with Gasteiger partial charge in [0, 0.05) is 41.7 Å². The van der Waals surface area contributed by atoms with E-state index in [2.05, 4.69) is 5.32 Å². The fourth-order valence-electron chi connectivity index (χ4n) is 2.86. The van der Waals surface area contributed by atoms with E-state index >= 15 is 0 Å². The quantitative estimate of drug-likeness (QED) is 0.580. The highest BCUT2D eigenvalue weighted by molar-refractivity contribution is 7.87. The van der Waals surface area contributed by atoms with E-state index in [1.807, 2.05) is 27.7 Å². The lowest BCUT2D eigenvalue weighted by Crippen LogP contribution is -2.39.